The first-order valence-corrected chi connectivity index (χ1v) is 12.8. The molecule has 4 aromatic rings. The summed E-state index contributed by atoms with van der Waals surface area (Å²) in [5.41, 5.74) is 6.48. The van der Waals surface area contributed by atoms with E-state index in [-0.39, 0.29) is 24.4 Å². The van der Waals surface area contributed by atoms with Crippen LogP contribution in [0.3, 0.4) is 0 Å². The summed E-state index contributed by atoms with van der Waals surface area (Å²) in [5.74, 6) is -0.0144. The predicted molar refractivity (Wildman–Crippen MR) is 147 cm³/mol. The highest BCUT2D eigenvalue weighted by Gasteiger charge is 2.34. The van der Waals surface area contributed by atoms with Crippen LogP contribution < -0.4 is 5.32 Å². The SMILES string of the molecule is Cc1ccc(C(=O)N(CC(=O)Nc2nc(-c3ccc(Cl)cc3)cn2-c2ccc(C)c(C)c2)C2CC2)cc1. The van der Waals surface area contributed by atoms with Crippen LogP contribution in [0.15, 0.2) is 72.9 Å². The van der Waals surface area contributed by atoms with Gasteiger partial charge in [-0.05, 0) is 81.1 Å². The second-order valence-electron chi connectivity index (χ2n) is 9.67. The molecular formula is C30H29ClN4O2. The largest absolute Gasteiger partial charge is 0.326 e. The second-order valence-corrected chi connectivity index (χ2v) is 10.1. The number of anilines is 1. The summed E-state index contributed by atoms with van der Waals surface area (Å²) in [6, 6.07) is 21.1. The van der Waals surface area contributed by atoms with Gasteiger partial charge in [0.2, 0.25) is 11.9 Å². The molecule has 5 rings (SSSR count). The van der Waals surface area contributed by atoms with Gasteiger partial charge in [-0.15, -0.1) is 0 Å². The summed E-state index contributed by atoms with van der Waals surface area (Å²) >= 11 is 6.07. The Labute approximate surface area is 221 Å². The molecule has 0 spiro atoms. The van der Waals surface area contributed by atoms with Crippen molar-refractivity contribution in [1.29, 1.82) is 0 Å². The first-order valence-electron chi connectivity index (χ1n) is 12.4. The van der Waals surface area contributed by atoms with Crippen LogP contribution >= 0.6 is 11.6 Å². The molecule has 1 aromatic heterocycles. The molecule has 0 unspecified atom stereocenters. The van der Waals surface area contributed by atoms with Crippen LogP contribution in [0.5, 0.6) is 0 Å². The van der Waals surface area contributed by atoms with Crippen molar-refractivity contribution in [2.75, 3.05) is 11.9 Å². The van der Waals surface area contributed by atoms with E-state index in [9.17, 15) is 9.59 Å². The molecule has 2 amide bonds. The van der Waals surface area contributed by atoms with Crippen molar-refractivity contribution in [3.05, 3.63) is 100 Å². The Bertz CT molecular complexity index is 1450. The van der Waals surface area contributed by atoms with Crippen molar-refractivity contribution in [1.82, 2.24) is 14.5 Å². The van der Waals surface area contributed by atoms with Crippen LogP contribution in [-0.4, -0.2) is 38.9 Å². The number of carbonyl (C=O) groups is 2. The molecule has 3 aromatic carbocycles. The average Bonchev–Trinajstić information content (AvgIpc) is 3.64. The van der Waals surface area contributed by atoms with Gasteiger partial charge in [-0.25, -0.2) is 4.98 Å². The smallest absolute Gasteiger partial charge is 0.254 e. The summed E-state index contributed by atoms with van der Waals surface area (Å²) in [4.78, 5) is 32.9. The zero-order valence-corrected chi connectivity index (χ0v) is 21.9. The first-order chi connectivity index (χ1) is 17.8. The van der Waals surface area contributed by atoms with E-state index in [1.54, 1.807) is 4.90 Å². The molecular weight excluding hydrogens is 484 g/mol. The van der Waals surface area contributed by atoms with Gasteiger partial charge in [-0.1, -0.05) is 47.5 Å². The van der Waals surface area contributed by atoms with E-state index in [2.05, 4.69) is 25.2 Å². The number of imidazole rings is 1. The van der Waals surface area contributed by atoms with Gasteiger partial charge in [0.15, 0.2) is 0 Å². The Morgan fingerprint density at radius 1 is 0.973 bits per heavy atom. The van der Waals surface area contributed by atoms with Crippen molar-refractivity contribution >= 4 is 29.4 Å². The fourth-order valence-corrected chi connectivity index (χ4v) is 4.36. The average molecular weight is 513 g/mol. The Morgan fingerprint density at radius 3 is 2.32 bits per heavy atom. The van der Waals surface area contributed by atoms with E-state index in [0.29, 0.717) is 22.2 Å². The molecule has 0 aliphatic heterocycles. The molecule has 188 valence electrons. The summed E-state index contributed by atoms with van der Waals surface area (Å²) in [5, 5.41) is 3.61. The number of carbonyl (C=O) groups excluding carboxylic acids is 2. The van der Waals surface area contributed by atoms with Gasteiger partial charge < -0.3 is 4.90 Å². The maximum atomic E-state index is 13.3. The van der Waals surface area contributed by atoms with Gasteiger partial charge in [0.25, 0.3) is 5.91 Å². The van der Waals surface area contributed by atoms with Gasteiger partial charge >= 0.3 is 0 Å². The molecule has 7 heteroatoms. The molecule has 0 radical (unpaired) electrons. The van der Waals surface area contributed by atoms with E-state index < -0.39 is 0 Å². The monoisotopic (exact) mass is 512 g/mol. The second kappa shape index (κ2) is 10.2. The number of hydrogen-bond acceptors (Lipinski definition) is 3. The topological polar surface area (TPSA) is 67.2 Å². The molecule has 1 heterocycles. The normalized spacial score (nSPS) is 12.9. The lowest BCUT2D eigenvalue weighted by Crippen LogP contribution is -2.39. The Hall–Kier alpha value is -3.90. The standard InChI is InChI=1S/C30H29ClN4O2/c1-19-4-7-23(8-5-19)29(37)34(25-14-15-25)18-28(36)33-30-32-27(22-9-11-24(31)12-10-22)17-35(30)26-13-6-20(2)21(3)16-26/h4-13,16-17,25H,14-15,18H2,1-3H3,(H,32,33,36). The van der Waals surface area contributed by atoms with E-state index in [1.165, 1.54) is 5.56 Å². The van der Waals surface area contributed by atoms with Crippen LogP contribution in [0, 0.1) is 20.8 Å². The van der Waals surface area contributed by atoms with E-state index in [4.69, 9.17) is 16.6 Å². The highest BCUT2D eigenvalue weighted by atomic mass is 35.5. The Kier molecular flexibility index (Phi) is 6.85. The Morgan fingerprint density at radius 2 is 1.68 bits per heavy atom. The number of rotatable bonds is 7. The minimum absolute atomic E-state index is 0.0343. The van der Waals surface area contributed by atoms with Gasteiger partial charge in [0, 0.05) is 34.1 Å². The van der Waals surface area contributed by atoms with Crippen molar-refractivity contribution in [2.45, 2.75) is 39.7 Å². The number of hydrogen-bond donors (Lipinski definition) is 1. The molecule has 0 bridgehead atoms. The zero-order chi connectivity index (χ0) is 26.1. The van der Waals surface area contributed by atoms with Crippen molar-refractivity contribution in [2.24, 2.45) is 0 Å². The number of aromatic nitrogens is 2. The molecule has 1 saturated carbocycles. The predicted octanol–water partition coefficient (Wildman–Crippen LogP) is 6.36. The van der Waals surface area contributed by atoms with Crippen LogP contribution in [0.1, 0.15) is 39.9 Å². The summed E-state index contributed by atoms with van der Waals surface area (Å²) in [6.07, 6.45) is 3.71. The minimum atomic E-state index is -0.286. The number of aryl methyl sites for hydroxylation is 3. The lowest BCUT2D eigenvalue weighted by Gasteiger charge is -2.22. The van der Waals surface area contributed by atoms with Crippen molar-refractivity contribution in [3.8, 4) is 16.9 Å². The number of nitrogens with one attached hydrogen (secondary N) is 1. The lowest BCUT2D eigenvalue weighted by atomic mass is 10.1. The molecule has 1 aliphatic carbocycles. The van der Waals surface area contributed by atoms with Crippen molar-refractivity contribution < 1.29 is 9.59 Å². The minimum Gasteiger partial charge on any atom is -0.326 e. The third kappa shape index (κ3) is 5.59. The number of nitrogens with zero attached hydrogens (tertiary/aromatic N) is 3. The van der Waals surface area contributed by atoms with Crippen LogP contribution in [0.25, 0.3) is 16.9 Å². The maximum absolute atomic E-state index is 13.3. The molecule has 6 nitrogen and oxygen atoms in total. The highest BCUT2D eigenvalue weighted by Crippen LogP contribution is 2.29. The van der Waals surface area contributed by atoms with Crippen LogP contribution in [-0.2, 0) is 4.79 Å². The fourth-order valence-electron chi connectivity index (χ4n) is 4.23. The third-order valence-electron chi connectivity index (χ3n) is 6.73. The summed E-state index contributed by atoms with van der Waals surface area (Å²) in [6.45, 7) is 6.06. The molecule has 1 fully saturated rings. The van der Waals surface area contributed by atoms with E-state index in [1.807, 2.05) is 78.4 Å². The van der Waals surface area contributed by atoms with Gasteiger partial charge in [0.05, 0.1) is 5.69 Å². The zero-order valence-electron chi connectivity index (χ0n) is 21.2. The summed E-state index contributed by atoms with van der Waals surface area (Å²) in [7, 11) is 0. The molecule has 1 N–H and O–H groups in total. The quantitative estimate of drug-likeness (QED) is 0.313. The van der Waals surface area contributed by atoms with Gasteiger partial charge in [0.1, 0.15) is 6.54 Å². The van der Waals surface area contributed by atoms with Gasteiger partial charge in [-0.3, -0.25) is 19.5 Å². The van der Waals surface area contributed by atoms with Gasteiger partial charge in [-0.2, -0.15) is 0 Å². The lowest BCUT2D eigenvalue weighted by molar-refractivity contribution is -0.117. The number of amides is 2. The van der Waals surface area contributed by atoms with E-state index >= 15 is 0 Å². The highest BCUT2D eigenvalue weighted by molar-refractivity contribution is 6.30. The molecule has 1 aliphatic rings. The summed E-state index contributed by atoms with van der Waals surface area (Å²) < 4.78 is 1.87. The molecule has 37 heavy (non-hydrogen) atoms. The number of benzene rings is 3. The Balaban J connectivity index is 1.43. The first kappa shape index (κ1) is 24.8. The molecule has 0 saturated heterocycles. The van der Waals surface area contributed by atoms with Crippen LogP contribution in [0.2, 0.25) is 5.02 Å². The van der Waals surface area contributed by atoms with Crippen LogP contribution in [0.4, 0.5) is 5.95 Å². The van der Waals surface area contributed by atoms with Crippen molar-refractivity contribution in [3.63, 3.8) is 0 Å². The molecule has 0 atom stereocenters. The van der Waals surface area contributed by atoms with E-state index in [0.717, 1.165) is 35.2 Å². The third-order valence-corrected chi connectivity index (χ3v) is 6.98. The fraction of sp³-hybridized carbons (Fsp3) is 0.233. The maximum Gasteiger partial charge on any atom is 0.254 e. The number of halogens is 1.